The summed E-state index contributed by atoms with van der Waals surface area (Å²) in [5, 5.41) is 12.2. The molecule has 1 unspecified atom stereocenters. The Labute approximate surface area is 96.8 Å². The van der Waals surface area contributed by atoms with Gasteiger partial charge in [0.05, 0.1) is 19.3 Å². The second-order valence-electron chi connectivity index (χ2n) is 4.43. The van der Waals surface area contributed by atoms with Gasteiger partial charge in [-0.2, -0.15) is 0 Å². The number of carbonyl (C=O) groups is 1. The predicted octanol–water partition coefficient (Wildman–Crippen LogP) is -0.406. The quantitative estimate of drug-likeness (QED) is 0.674. The van der Waals surface area contributed by atoms with Gasteiger partial charge in [0.25, 0.3) is 0 Å². The minimum Gasteiger partial charge on any atom is -0.393 e. The molecule has 1 atom stereocenters. The Morgan fingerprint density at radius 1 is 1.56 bits per heavy atom. The minimum absolute atomic E-state index is 0.0286. The number of likely N-dealkylation sites (tertiary alicyclic amines) is 1. The molecule has 2 N–H and O–H groups in total. The number of carbonyl (C=O) groups excluding carboxylic acids is 1. The fraction of sp³-hybridized carbons (Fsp3) is 0.909. The largest absolute Gasteiger partial charge is 0.393 e. The van der Waals surface area contributed by atoms with Gasteiger partial charge in [0.1, 0.15) is 0 Å². The van der Waals surface area contributed by atoms with Gasteiger partial charge in [-0.05, 0) is 19.8 Å². The molecule has 5 heteroatoms. The van der Waals surface area contributed by atoms with Crippen molar-refractivity contribution in [2.45, 2.75) is 31.9 Å². The van der Waals surface area contributed by atoms with E-state index >= 15 is 0 Å². The zero-order chi connectivity index (χ0) is 12.0. The number of aliphatic hydroxyl groups is 1. The number of hydrogen-bond donors (Lipinski definition) is 2. The third-order valence-corrected chi connectivity index (χ3v) is 2.75. The zero-order valence-electron chi connectivity index (χ0n) is 10.1. The predicted molar refractivity (Wildman–Crippen MR) is 61.2 cm³/mol. The third-order valence-electron chi connectivity index (χ3n) is 2.75. The van der Waals surface area contributed by atoms with E-state index in [1.54, 1.807) is 7.11 Å². The third kappa shape index (κ3) is 4.92. The number of hydrogen-bond acceptors (Lipinski definition) is 4. The van der Waals surface area contributed by atoms with E-state index in [9.17, 15) is 9.90 Å². The summed E-state index contributed by atoms with van der Waals surface area (Å²) in [5.74, 6) is 0.0286. The first kappa shape index (κ1) is 13.4. The van der Waals surface area contributed by atoms with Crippen molar-refractivity contribution in [3.05, 3.63) is 0 Å². The van der Waals surface area contributed by atoms with Crippen molar-refractivity contribution in [2.24, 2.45) is 0 Å². The summed E-state index contributed by atoms with van der Waals surface area (Å²) in [6.07, 6.45) is 1.34. The maximum Gasteiger partial charge on any atom is 0.234 e. The molecule has 1 amide bonds. The van der Waals surface area contributed by atoms with E-state index in [0.29, 0.717) is 13.2 Å². The topological polar surface area (TPSA) is 61.8 Å². The molecule has 0 spiro atoms. The van der Waals surface area contributed by atoms with Crippen LogP contribution in [0.4, 0.5) is 0 Å². The smallest absolute Gasteiger partial charge is 0.234 e. The lowest BCUT2D eigenvalue weighted by molar-refractivity contribution is -0.123. The van der Waals surface area contributed by atoms with Crippen LogP contribution in [-0.2, 0) is 9.53 Å². The van der Waals surface area contributed by atoms with Crippen molar-refractivity contribution in [3.63, 3.8) is 0 Å². The lowest BCUT2D eigenvalue weighted by Gasteiger charge is -2.29. The van der Waals surface area contributed by atoms with Gasteiger partial charge < -0.3 is 15.2 Å². The van der Waals surface area contributed by atoms with Crippen LogP contribution in [0.3, 0.4) is 0 Å². The summed E-state index contributed by atoms with van der Waals surface area (Å²) >= 11 is 0. The zero-order valence-corrected chi connectivity index (χ0v) is 10.1. The van der Waals surface area contributed by atoms with E-state index in [1.807, 2.05) is 6.92 Å². The van der Waals surface area contributed by atoms with Crippen molar-refractivity contribution in [1.82, 2.24) is 10.2 Å². The molecule has 0 saturated carbocycles. The summed E-state index contributed by atoms with van der Waals surface area (Å²) in [5.41, 5.74) is 0. The molecule has 0 aromatic carbocycles. The molecule has 0 aromatic rings. The number of nitrogens with one attached hydrogen (secondary N) is 1. The molecule has 0 aliphatic carbocycles. The molecule has 5 nitrogen and oxygen atoms in total. The van der Waals surface area contributed by atoms with Gasteiger partial charge in [0.15, 0.2) is 0 Å². The maximum absolute atomic E-state index is 11.6. The van der Waals surface area contributed by atoms with Gasteiger partial charge in [0, 0.05) is 26.2 Å². The number of rotatable bonds is 5. The Morgan fingerprint density at radius 3 is 2.75 bits per heavy atom. The molecule has 1 heterocycles. The summed E-state index contributed by atoms with van der Waals surface area (Å²) < 4.78 is 4.95. The molecular formula is C11H22N2O3. The fourth-order valence-electron chi connectivity index (χ4n) is 1.89. The number of aliphatic hydroxyl groups excluding tert-OH is 1. The van der Waals surface area contributed by atoms with Crippen LogP contribution in [0.25, 0.3) is 0 Å². The van der Waals surface area contributed by atoms with Crippen LogP contribution in [0.2, 0.25) is 0 Å². The number of methoxy groups -OCH3 is 1. The van der Waals surface area contributed by atoms with Gasteiger partial charge in [-0.1, -0.05) is 0 Å². The van der Waals surface area contributed by atoms with E-state index < -0.39 is 0 Å². The first-order valence-corrected chi connectivity index (χ1v) is 5.80. The standard InChI is InChI=1S/C11H22N2O3/c1-9(8-16-2)12-11(15)7-13-5-3-10(14)4-6-13/h9-10,14H,3-8H2,1-2H3,(H,12,15). The van der Waals surface area contributed by atoms with Crippen molar-refractivity contribution in [1.29, 1.82) is 0 Å². The number of nitrogens with zero attached hydrogens (tertiary/aromatic N) is 1. The normalized spacial score (nSPS) is 20.7. The average molecular weight is 230 g/mol. The molecule has 0 bridgehead atoms. The lowest BCUT2D eigenvalue weighted by Crippen LogP contribution is -2.45. The van der Waals surface area contributed by atoms with Crippen LogP contribution in [-0.4, -0.2) is 61.4 Å². The van der Waals surface area contributed by atoms with Gasteiger partial charge in [-0.15, -0.1) is 0 Å². The van der Waals surface area contributed by atoms with E-state index in [4.69, 9.17) is 4.74 Å². The molecule has 16 heavy (non-hydrogen) atoms. The first-order chi connectivity index (χ1) is 7.61. The highest BCUT2D eigenvalue weighted by Crippen LogP contribution is 2.08. The van der Waals surface area contributed by atoms with Crippen molar-refractivity contribution in [3.8, 4) is 0 Å². The van der Waals surface area contributed by atoms with E-state index in [-0.39, 0.29) is 18.1 Å². The molecule has 0 aromatic heterocycles. The molecule has 1 saturated heterocycles. The van der Waals surface area contributed by atoms with Gasteiger partial charge in [0.2, 0.25) is 5.91 Å². The van der Waals surface area contributed by atoms with Gasteiger partial charge in [-0.3, -0.25) is 9.69 Å². The molecule has 1 rings (SSSR count). The lowest BCUT2D eigenvalue weighted by atomic mass is 10.1. The van der Waals surface area contributed by atoms with Crippen LogP contribution in [0.1, 0.15) is 19.8 Å². The van der Waals surface area contributed by atoms with Crippen molar-refractivity contribution in [2.75, 3.05) is 33.4 Å². The first-order valence-electron chi connectivity index (χ1n) is 5.80. The SMILES string of the molecule is COCC(C)NC(=O)CN1CCC(O)CC1. The highest BCUT2D eigenvalue weighted by atomic mass is 16.5. The van der Waals surface area contributed by atoms with Crippen LogP contribution >= 0.6 is 0 Å². The molecule has 0 radical (unpaired) electrons. The van der Waals surface area contributed by atoms with E-state index in [0.717, 1.165) is 25.9 Å². The van der Waals surface area contributed by atoms with Crippen molar-refractivity contribution < 1.29 is 14.6 Å². The van der Waals surface area contributed by atoms with Gasteiger partial charge >= 0.3 is 0 Å². The second kappa shape index (κ2) is 6.83. The number of ether oxygens (including phenoxy) is 1. The number of piperidine rings is 1. The Morgan fingerprint density at radius 2 is 2.19 bits per heavy atom. The second-order valence-corrected chi connectivity index (χ2v) is 4.43. The summed E-state index contributed by atoms with van der Waals surface area (Å²) in [6, 6.07) is 0.0490. The van der Waals surface area contributed by atoms with Crippen LogP contribution < -0.4 is 5.32 Å². The average Bonchev–Trinajstić information content (AvgIpc) is 2.21. The Bertz CT molecular complexity index is 215. The van der Waals surface area contributed by atoms with Crippen LogP contribution in [0.5, 0.6) is 0 Å². The van der Waals surface area contributed by atoms with Crippen LogP contribution in [0, 0.1) is 0 Å². The highest BCUT2D eigenvalue weighted by Gasteiger charge is 2.19. The Hall–Kier alpha value is -0.650. The van der Waals surface area contributed by atoms with Crippen LogP contribution in [0.15, 0.2) is 0 Å². The molecule has 1 fully saturated rings. The summed E-state index contributed by atoms with van der Waals surface area (Å²) in [7, 11) is 1.62. The maximum atomic E-state index is 11.6. The van der Waals surface area contributed by atoms with E-state index in [2.05, 4.69) is 10.2 Å². The molecule has 94 valence electrons. The summed E-state index contributed by atoms with van der Waals surface area (Å²) in [4.78, 5) is 13.7. The van der Waals surface area contributed by atoms with Crippen molar-refractivity contribution >= 4 is 5.91 Å². The Balaban J connectivity index is 2.18. The Kier molecular flexibility index (Phi) is 5.73. The molecule has 1 aliphatic heterocycles. The van der Waals surface area contributed by atoms with Gasteiger partial charge in [-0.25, -0.2) is 0 Å². The monoisotopic (exact) mass is 230 g/mol. The summed E-state index contributed by atoms with van der Waals surface area (Å²) in [6.45, 7) is 4.47. The molecular weight excluding hydrogens is 208 g/mol. The number of amides is 1. The van der Waals surface area contributed by atoms with E-state index in [1.165, 1.54) is 0 Å². The molecule has 1 aliphatic rings. The minimum atomic E-state index is -0.188. The fourth-order valence-corrected chi connectivity index (χ4v) is 1.89. The highest BCUT2D eigenvalue weighted by molar-refractivity contribution is 5.78.